The highest BCUT2D eigenvalue weighted by Gasteiger charge is 2.24. The van der Waals surface area contributed by atoms with E-state index in [1.54, 1.807) is 29.2 Å². The van der Waals surface area contributed by atoms with E-state index in [2.05, 4.69) is 0 Å². The van der Waals surface area contributed by atoms with E-state index < -0.39 is 5.97 Å². The number of nitrogens with zero attached hydrogens (tertiary/aromatic N) is 2. The van der Waals surface area contributed by atoms with Gasteiger partial charge in [-0.1, -0.05) is 18.2 Å². The van der Waals surface area contributed by atoms with Gasteiger partial charge >= 0.3 is 5.97 Å². The van der Waals surface area contributed by atoms with Crippen molar-refractivity contribution in [2.45, 2.75) is 19.3 Å². The van der Waals surface area contributed by atoms with Crippen molar-refractivity contribution >= 4 is 17.6 Å². The molecule has 1 amide bonds. The Balaban J connectivity index is 1.28. The number of hydrogen-bond acceptors (Lipinski definition) is 4. The van der Waals surface area contributed by atoms with Crippen LogP contribution < -0.4 is 4.90 Å². The molecule has 0 N–H and O–H groups in total. The number of piperazine rings is 1. The molecule has 2 aliphatic rings. The molecular weight excluding hydrogens is 359 g/mol. The predicted molar refractivity (Wildman–Crippen MR) is 104 cm³/mol. The molecule has 146 valence electrons. The summed E-state index contributed by atoms with van der Waals surface area (Å²) in [5.74, 6) is -0.943. The van der Waals surface area contributed by atoms with E-state index in [-0.39, 0.29) is 18.3 Å². The molecule has 0 saturated carbocycles. The van der Waals surface area contributed by atoms with Crippen molar-refractivity contribution in [3.63, 3.8) is 0 Å². The van der Waals surface area contributed by atoms with E-state index >= 15 is 0 Å². The molecule has 2 aromatic rings. The van der Waals surface area contributed by atoms with Crippen molar-refractivity contribution in [2.24, 2.45) is 0 Å². The molecule has 0 unspecified atom stereocenters. The summed E-state index contributed by atoms with van der Waals surface area (Å²) in [6.45, 7) is 1.78. The minimum absolute atomic E-state index is 0.220. The lowest BCUT2D eigenvalue weighted by molar-refractivity contribution is -0.134. The van der Waals surface area contributed by atoms with Gasteiger partial charge in [-0.25, -0.2) is 9.18 Å². The molecule has 1 aliphatic carbocycles. The Hall–Kier alpha value is -2.89. The quantitative estimate of drug-likeness (QED) is 0.763. The zero-order valence-electron chi connectivity index (χ0n) is 15.7. The molecule has 0 spiro atoms. The van der Waals surface area contributed by atoms with Crippen LogP contribution >= 0.6 is 0 Å². The number of carbonyl (C=O) groups is 2. The highest BCUT2D eigenvalue weighted by molar-refractivity contribution is 5.91. The van der Waals surface area contributed by atoms with Crippen LogP contribution in [-0.2, 0) is 22.4 Å². The van der Waals surface area contributed by atoms with E-state index in [0.29, 0.717) is 37.4 Å². The number of amides is 1. The average molecular weight is 382 g/mol. The van der Waals surface area contributed by atoms with E-state index in [0.717, 1.165) is 19.3 Å². The summed E-state index contributed by atoms with van der Waals surface area (Å²) in [6.07, 6.45) is 3.16. The van der Waals surface area contributed by atoms with Crippen LogP contribution in [0.5, 0.6) is 0 Å². The molecule has 4 rings (SSSR count). The number of rotatable bonds is 4. The van der Waals surface area contributed by atoms with Gasteiger partial charge in [0.25, 0.3) is 5.91 Å². The summed E-state index contributed by atoms with van der Waals surface area (Å²) < 4.78 is 19.1. The number of anilines is 1. The van der Waals surface area contributed by atoms with Gasteiger partial charge in [0.05, 0.1) is 11.3 Å². The van der Waals surface area contributed by atoms with Crippen molar-refractivity contribution in [3.8, 4) is 0 Å². The molecule has 1 saturated heterocycles. The number of aryl methyl sites for hydroxylation is 2. The van der Waals surface area contributed by atoms with Crippen LogP contribution in [0.1, 0.15) is 27.9 Å². The van der Waals surface area contributed by atoms with Crippen molar-refractivity contribution in [2.75, 3.05) is 37.7 Å². The smallest absolute Gasteiger partial charge is 0.338 e. The monoisotopic (exact) mass is 382 g/mol. The van der Waals surface area contributed by atoms with Gasteiger partial charge in [-0.05, 0) is 54.7 Å². The third-order valence-corrected chi connectivity index (χ3v) is 5.49. The standard InChI is InChI=1S/C22H23FN2O3/c23-19-6-1-2-7-20(19)24-10-12-25(13-11-24)21(26)15-28-22(27)18-9-8-16-4-3-5-17(16)14-18/h1-2,6-9,14H,3-5,10-13,15H2. The van der Waals surface area contributed by atoms with E-state index in [1.165, 1.54) is 17.2 Å². The molecule has 1 heterocycles. The lowest BCUT2D eigenvalue weighted by Gasteiger charge is -2.36. The van der Waals surface area contributed by atoms with Gasteiger partial charge in [0.1, 0.15) is 5.82 Å². The van der Waals surface area contributed by atoms with Crippen molar-refractivity contribution in [3.05, 3.63) is 65.0 Å². The SMILES string of the molecule is O=C(OCC(=O)N1CCN(c2ccccc2F)CC1)c1ccc2c(c1)CCC2. The van der Waals surface area contributed by atoms with Gasteiger partial charge in [0.15, 0.2) is 6.61 Å². The van der Waals surface area contributed by atoms with Crippen molar-refractivity contribution < 1.29 is 18.7 Å². The third-order valence-electron chi connectivity index (χ3n) is 5.49. The molecule has 28 heavy (non-hydrogen) atoms. The van der Waals surface area contributed by atoms with Crippen LogP contribution in [0, 0.1) is 5.82 Å². The predicted octanol–water partition coefficient (Wildman–Crippen LogP) is 2.82. The van der Waals surface area contributed by atoms with Crippen molar-refractivity contribution in [1.82, 2.24) is 4.90 Å². The fourth-order valence-corrected chi connectivity index (χ4v) is 3.91. The number of halogens is 1. The number of para-hydroxylation sites is 1. The molecule has 2 aromatic carbocycles. The number of ether oxygens (including phenoxy) is 1. The molecule has 1 fully saturated rings. The molecule has 0 bridgehead atoms. The summed E-state index contributed by atoms with van der Waals surface area (Å²) in [4.78, 5) is 28.2. The topological polar surface area (TPSA) is 49.9 Å². The fourth-order valence-electron chi connectivity index (χ4n) is 3.91. The number of fused-ring (bicyclic) bond motifs is 1. The number of carbonyl (C=O) groups excluding carboxylic acids is 2. The van der Waals surface area contributed by atoms with Gasteiger partial charge in [-0.15, -0.1) is 0 Å². The molecule has 0 atom stereocenters. The second-order valence-corrected chi connectivity index (χ2v) is 7.23. The molecule has 0 radical (unpaired) electrons. The first kappa shape index (κ1) is 18.5. The minimum atomic E-state index is -0.465. The van der Waals surface area contributed by atoms with E-state index in [1.807, 2.05) is 17.0 Å². The lowest BCUT2D eigenvalue weighted by Crippen LogP contribution is -2.50. The zero-order chi connectivity index (χ0) is 19.5. The largest absolute Gasteiger partial charge is 0.452 e. The Kier molecular flexibility index (Phi) is 5.28. The average Bonchev–Trinajstić information content (AvgIpc) is 3.20. The highest BCUT2D eigenvalue weighted by atomic mass is 19.1. The second kappa shape index (κ2) is 8.00. The van der Waals surface area contributed by atoms with Gasteiger partial charge in [0.2, 0.25) is 0 Å². The Morgan fingerprint density at radius 1 is 0.964 bits per heavy atom. The summed E-state index contributed by atoms with van der Waals surface area (Å²) in [5, 5.41) is 0. The van der Waals surface area contributed by atoms with Crippen LogP contribution in [0.3, 0.4) is 0 Å². The summed E-state index contributed by atoms with van der Waals surface area (Å²) in [6, 6.07) is 12.3. The lowest BCUT2D eigenvalue weighted by atomic mass is 10.1. The Morgan fingerprint density at radius 3 is 2.50 bits per heavy atom. The number of benzene rings is 2. The van der Waals surface area contributed by atoms with Gasteiger partial charge < -0.3 is 14.5 Å². The van der Waals surface area contributed by atoms with Crippen molar-refractivity contribution in [1.29, 1.82) is 0 Å². The van der Waals surface area contributed by atoms with Crippen LogP contribution in [0.25, 0.3) is 0 Å². The molecule has 0 aromatic heterocycles. The van der Waals surface area contributed by atoms with Gasteiger partial charge in [0, 0.05) is 26.2 Å². The Morgan fingerprint density at radius 2 is 1.71 bits per heavy atom. The molecule has 1 aliphatic heterocycles. The first-order chi connectivity index (χ1) is 13.6. The molecule has 6 heteroatoms. The minimum Gasteiger partial charge on any atom is -0.452 e. The van der Waals surface area contributed by atoms with Crippen LogP contribution in [-0.4, -0.2) is 49.6 Å². The molecular formula is C22H23FN2O3. The summed E-state index contributed by atoms with van der Waals surface area (Å²) in [5.41, 5.74) is 3.54. The maximum atomic E-state index is 13.9. The van der Waals surface area contributed by atoms with Crippen LogP contribution in [0.4, 0.5) is 10.1 Å². The van der Waals surface area contributed by atoms with Gasteiger partial charge in [-0.3, -0.25) is 4.79 Å². The fraction of sp³-hybridized carbons (Fsp3) is 0.364. The third kappa shape index (κ3) is 3.86. The first-order valence-corrected chi connectivity index (χ1v) is 9.68. The maximum Gasteiger partial charge on any atom is 0.338 e. The Labute approximate surface area is 163 Å². The molecule has 5 nitrogen and oxygen atoms in total. The summed E-state index contributed by atoms with van der Waals surface area (Å²) in [7, 11) is 0. The normalized spacial score (nSPS) is 16.0. The number of hydrogen-bond donors (Lipinski definition) is 0. The van der Waals surface area contributed by atoms with E-state index in [9.17, 15) is 14.0 Å². The van der Waals surface area contributed by atoms with Crippen LogP contribution in [0.15, 0.2) is 42.5 Å². The highest BCUT2D eigenvalue weighted by Crippen LogP contribution is 2.23. The second-order valence-electron chi connectivity index (χ2n) is 7.23. The number of esters is 1. The Bertz CT molecular complexity index is 891. The van der Waals surface area contributed by atoms with Crippen LogP contribution in [0.2, 0.25) is 0 Å². The first-order valence-electron chi connectivity index (χ1n) is 9.68. The zero-order valence-corrected chi connectivity index (χ0v) is 15.7. The van der Waals surface area contributed by atoms with Gasteiger partial charge in [-0.2, -0.15) is 0 Å². The maximum absolute atomic E-state index is 13.9. The van der Waals surface area contributed by atoms with E-state index in [4.69, 9.17) is 4.74 Å². The summed E-state index contributed by atoms with van der Waals surface area (Å²) >= 11 is 0.